The fourth-order valence-electron chi connectivity index (χ4n) is 0.244. The molecule has 0 heterocycles. The Kier molecular flexibility index (Phi) is 5.21. The van der Waals surface area contributed by atoms with Crippen molar-refractivity contribution in [2.75, 3.05) is 7.11 Å². The standard InChI is InChI=1S/C6H7BrO2/c1-9-6(8)4-2-3-5-7/h2-5H,1H3/b4-2+,5-3+. The van der Waals surface area contributed by atoms with Crippen molar-refractivity contribution < 1.29 is 9.53 Å². The first-order chi connectivity index (χ1) is 4.31. The van der Waals surface area contributed by atoms with Crippen LogP contribution in [0.2, 0.25) is 0 Å². The monoisotopic (exact) mass is 190 g/mol. The van der Waals surface area contributed by atoms with Gasteiger partial charge < -0.3 is 4.74 Å². The number of carbonyl (C=O) groups excluding carboxylic acids is 1. The van der Waals surface area contributed by atoms with Gasteiger partial charge in [0.05, 0.1) is 7.11 Å². The number of carbonyl (C=O) groups is 1. The van der Waals surface area contributed by atoms with Gasteiger partial charge in [0.15, 0.2) is 0 Å². The second-order valence-corrected chi connectivity index (χ2v) is 1.73. The molecule has 0 atom stereocenters. The van der Waals surface area contributed by atoms with Gasteiger partial charge in [-0.15, -0.1) is 0 Å². The SMILES string of the molecule is COC(=O)/C=C/C=C/Br. The van der Waals surface area contributed by atoms with Crippen molar-refractivity contribution >= 4 is 21.9 Å². The lowest BCUT2D eigenvalue weighted by atomic mass is 10.5. The number of allylic oxidation sites excluding steroid dienone is 2. The van der Waals surface area contributed by atoms with Gasteiger partial charge in [0.2, 0.25) is 0 Å². The molecule has 9 heavy (non-hydrogen) atoms. The molecule has 3 heteroatoms. The summed E-state index contributed by atoms with van der Waals surface area (Å²) >= 11 is 3.04. The summed E-state index contributed by atoms with van der Waals surface area (Å²) in [7, 11) is 1.34. The molecule has 0 bridgehead atoms. The van der Waals surface area contributed by atoms with Crippen LogP contribution in [0, 0.1) is 0 Å². The van der Waals surface area contributed by atoms with E-state index in [2.05, 4.69) is 20.7 Å². The second-order valence-electron chi connectivity index (χ2n) is 1.20. The van der Waals surface area contributed by atoms with Gasteiger partial charge in [0, 0.05) is 6.08 Å². The first kappa shape index (κ1) is 8.43. The smallest absolute Gasteiger partial charge is 0.330 e. The molecule has 0 aromatic heterocycles. The Labute approximate surface area is 62.3 Å². The van der Waals surface area contributed by atoms with Crippen molar-refractivity contribution in [1.82, 2.24) is 0 Å². The molecule has 0 fully saturated rings. The normalized spacial score (nSPS) is 10.9. The summed E-state index contributed by atoms with van der Waals surface area (Å²) in [6.07, 6.45) is 4.59. The summed E-state index contributed by atoms with van der Waals surface area (Å²) in [6.45, 7) is 0. The van der Waals surface area contributed by atoms with E-state index in [1.54, 1.807) is 17.1 Å². The number of rotatable bonds is 2. The molecule has 0 aliphatic carbocycles. The minimum atomic E-state index is -0.347. The van der Waals surface area contributed by atoms with Crippen LogP contribution in [0.25, 0.3) is 0 Å². The molecule has 0 aromatic rings. The molecule has 2 nitrogen and oxygen atoms in total. The molecule has 0 aliphatic rings. The molecule has 0 radical (unpaired) electrons. The molecule has 0 unspecified atom stereocenters. The van der Waals surface area contributed by atoms with E-state index in [9.17, 15) is 4.79 Å². The van der Waals surface area contributed by atoms with Crippen LogP contribution in [0.15, 0.2) is 23.2 Å². The molecule has 0 aromatic carbocycles. The predicted octanol–water partition coefficient (Wildman–Crippen LogP) is 1.62. The van der Waals surface area contributed by atoms with Gasteiger partial charge >= 0.3 is 5.97 Å². The number of hydrogen-bond acceptors (Lipinski definition) is 2. The molecule has 0 saturated heterocycles. The van der Waals surface area contributed by atoms with Gasteiger partial charge in [0.25, 0.3) is 0 Å². The van der Waals surface area contributed by atoms with Gasteiger partial charge in [-0.3, -0.25) is 0 Å². The fourth-order valence-corrected chi connectivity index (χ4v) is 0.420. The second kappa shape index (κ2) is 5.56. The summed E-state index contributed by atoms with van der Waals surface area (Å²) < 4.78 is 4.32. The Bertz CT molecular complexity index is 138. The van der Waals surface area contributed by atoms with E-state index < -0.39 is 0 Å². The van der Waals surface area contributed by atoms with E-state index in [0.29, 0.717) is 0 Å². The van der Waals surface area contributed by atoms with Crippen molar-refractivity contribution in [2.24, 2.45) is 0 Å². The average Bonchev–Trinajstić information content (AvgIpc) is 1.89. The van der Waals surface area contributed by atoms with E-state index in [-0.39, 0.29) is 5.97 Å². The number of halogens is 1. The van der Waals surface area contributed by atoms with Gasteiger partial charge in [-0.05, 0) is 4.99 Å². The summed E-state index contributed by atoms with van der Waals surface area (Å²) in [5.41, 5.74) is 0. The van der Waals surface area contributed by atoms with Gasteiger partial charge in [0.1, 0.15) is 0 Å². The Hall–Kier alpha value is -0.570. The number of methoxy groups -OCH3 is 1. The Morgan fingerprint density at radius 1 is 1.56 bits per heavy atom. The van der Waals surface area contributed by atoms with E-state index in [0.717, 1.165) is 0 Å². The van der Waals surface area contributed by atoms with Crippen LogP contribution in [0.3, 0.4) is 0 Å². The predicted molar refractivity (Wildman–Crippen MR) is 39.2 cm³/mol. The molecule has 0 rings (SSSR count). The van der Waals surface area contributed by atoms with E-state index in [1.807, 2.05) is 0 Å². The van der Waals surface area contributed by atoms with Crippen LogP contribution >= 0.6 is 15.9 Å². The van der Waals surface area contributed by atoms with Gasteiger partial charge in [-0.25, -0.2) is 4.79 Å². The Balaban J connectivity index is 3.57. The molecular formula is C6H7BrO2. The minimum absolute atomic E-state index is 0.347. The lowest BCUT2D eigenvalue weighted by Crippen LogP contribution is -1.92. The number of hydrogen-bond donors (Lipinski definition) is 0. The highest BCUT2D eigenvalue weighted by Crippen LogP contribution is 1.84. The molecular weight excluding hydrogens is 184 g/mol. The van der Waals surface area contributed by atoms with Crippen molar-refractivity contribution in [3.8, 4) is 0 Å². The molecule has 0 N–H and O–H groups in total. The van der Waals surface area contributed by atoms with E-state index >= 15 is 0 Å². The lowest BCUT2D eigenvalue weighted by Gasteiger charge is -1.85. The first-order valence-electron chi connectivity index (χ1n) is 2.32. The largest absolute Gasteiger partial charge is 0.466 e. The van der Waals surface area contributed by atoms with E-state index in [4.69, 9.17) is 0 Å². The number of ether oxygens (including phenoxy) is 1. The third-order valence-corrected chi connectivity index (χ3v) is 0.923. The highest BCUT2D eigenvalue weighted by atomic mass is 79.9. The van der Waals surface area contributed by atoms with Gasteiger partial charge in [-0.1, -0.05) is 28.1 Å². The van der Waals surface area contributed by atoms with Crippen molar-refractivity contribution in [3.05, 3.63) is 23.2 Å². The summed E-state index contributed by atoms with van der Waals surface area (Å²) in [6, 6.07) is 0. The fraction of sp³-hybridized carbons (Fsp3) is 0.167. The minimum Gasteiger partial charge on any atom is -0.466 e. The lowest BCUT2D eigenvalue weighted by molar-refractivity contribution is -0.134. The van der Waals surface area contributed by atoms with Crippen LogP contribution in [-0.4, -0.2) is 13.1 Å². The molecule has 0 aliphatic heterocycles. The zero-order chi connectivity index (χ0) is 7.11. The van der Waals surface area contributed by atoms with Crippen LogP contribution in [-0.2, 0) is 9.53 Å². The quantitative estimate of drug-likeness (QED) is 0.376. The van der Waals surface area contributed by atoms with Crippen LogP contribution in [0.1, 0.15) is 0 Å². The maximum atomic E-state index is 10.3. The topological polar surface area (TPSA) is 26.3 Å². The summed E-state index contributed by atoms with van der Waals surface area (Å²) in [5.74, 6) is -0.347. The van der Waals surface area contributed by atoms with Crippen molar-refractivity contribution in [3.63, 3.8) is 0 Å². The Morgan fingerprint density at radius 2 is 2.22 bits per heavy atom. The van der Waals surface area contributed by atoms with Crippen LogP contribution < -0.4 is 0 Å². The maximum Gasteiger partial charge on any atom is 0.330 e. The van der Waals surface area contributed by atoms with Crippen molar-refractivity contribution in [1.29, 1.82) is 0 Å². The Morgan fingerprint density at radius 3 is 2.67 bits per heavy atom. The maximum absolute atomic E-state index is 10.3. The first-order valence-corrected chi connectivity index (χ1v) is 3.24. The third-order valence-electron chi connectivity index (χ3n) is 0.617. The molecule has 0 amide bonds. The van der Waals surface area contributed by atoms with Crippen LogP contribution in [0.5, 0.6) is 0 Å². The van der Waals surface area contributed by atoms with Gasteiger partial charge in [-0.2, -0.15) is 0 Å². The molecule has 0 spiro atoms. The highest BCUT2D eigenvalue weighted by molar-refractivity contribution is 9.11. The summed E-state index contributed by atoms with van der Waals surface area (Å²) in [4.78, 5) is 12.0. The third kappa shape index (κ3) is 5.30. The summed E-state index contributed by atoms with van der Waals surface area (Å²) in [5, 5.41) is 0. The van der Waals surface area contributed by atoms with Crippen molar-refractivity contribution in [2.45, 2.75) is 0 Å². The molecule has 0 saturated carbocycles. The zero-order valence-electron chi connectivity index (χ0n) is 5.00. The molecule has 50 valence electrons. The number of esters is 1. The zero-order valence-corrected chi connectivity index (χ0v) is 6.59. The highest BCUT2D eigenvalue weighted by Gasteiger charge is 1.85. The average molecular weight is 191 g/mol. The van der Waals surface area contributed by atoms with Crippen LogP contribution in [0.4, 0.5) is 0 Å². The van der Waals surface area contributed by atoms with E-state index in [1.165, 1.54) is 13.2 Å².